The molecule has 3 nitrogen and oxygen atoms in total. The average molecular weight is 205 g/mol. The van der Waals surface area contributed by atoms with Crippen LogP contribution in [0.1, 0.15) is 5.69 Å². The van der Waals surface area contributed by atoms with Gasteiger partial charge in [-0.3, -0.25) is 4.98 Å². The molecule has 0 aliphatic carbocycles. The maximum Gasteiger partial charge on any atom is 0.123 e. The largest absolute Gasteiger partial charge is 0.330 e. The standard InChI is InChI=1S/C10H11N3S/c11-3-1-9-7-8(2-4-12-9)10-13-5-6-14-10/h2,4-7H,1,3,11H2. The molecule has 2 aromatic heterocycles. The first kappa shape index (κ1) is 9.30. The van der Waals surface area contributed by atoms with E-state index < -0.39 is 0 Å². The predicted octanol–water partition coefficient (Wildman–Crippen LogP) is 1.71. The summed E-state index contributed by atoms with van der Waals surface area (Å²) in [6, 6.07) is 4.02. The van der Waals surface area contributed by atoms with E-state index in [2.05, 4.69) is 9.97 Å². The summed E-state index contributed by atoms with van der Waals surface area (Å²) in [6.07, 6.45) is 4.43. The molecule has 2 aromatic rings. The van der Waals surface area contributed by atoms with E-state index in [1.165, 1.54) is 0 Å². The van der Waals surface area contributed by atoms with Crippen molar-refractivity contribution in [2.45, 2.75) is 6.42 Å². The number of rotatable bonds is 3. The molecule has 0 unspecified atom stereocenters. The number of thiazole rings is 1. The Balaban J connectivity index is 2.31. The third-order valence-electron chi connectivity index (χ3n) is 1.90. The van der Waals surface area contributed by atoms with Crippen molar-refractivity contribution in [1.82, 2.24) is 9.97 Å². The highest BCUT2D eigenvalue weighted by Crippen LogP contribution is 2.21. The molecule has 0 saturated carbocycles. The van der Waals surface area contributed by atoms with Gasteiger partial charge < -0.3 is 5.73 Å². The number of nitrogens with two attached hydrogens (primary N) is 1. The summed E-state index contributed by atoms with van der Waals surface area (Å²) in [4.78, 5) is 8.48. The van der Waals surface area contributed by atoms with Crippen molar-refractivity contribution in [2.75, 3.05) is 6.54 Å². The van der Waals surface area contributed by atoms with Crippen molar-refractivity contribution >= 4 is 11.3 Å². The minimum Gasteiger partial charge on any atom is -0.330 e. The van der Waals surface area contributed by atoms with Crippen molar-refractivity contribution in [2.24, 2.45) is 5.73 Å². The highest BCUT2D eigenvalue weighted by atomic mass is 32.1. The number of pyridine rings is 1. The molecule has 0 bridgehead atoms. The Labute approximate surface area is 86.6 Å². The summed E-state index contributed by atoms with van der Waals surface area (Å²) in [7, 11) is 0. The van der Waals surface area contributed by atoms with Gasteiger partial charge in [0.05, 0.1) is 0 Å². The predicted molar refractivity (Wildman–Crippen MR) is 58.1 cm³/mol. The third kappa shape index (κ3) is 1.97. The van der Waals surface area contributed by atoms with Crippen molar-refractivity contribution in [3.8, 4) is 10.6 Å². The van der Waals surface area contributed by atoms with Crippen LogP contribution in [-0.4, -0.2) is 16.5 Å². The maximum atomic E-state index is 5.48. The van der Waals surface area contributed by atoms with Crippen LogP contribution >= 0.6 is 11.3 Å². The van der Waals surface area contributed by atoms with E-state index in [1.54, 1.807) is 11.3 Å². The van der Waals surface area contributed by atoms with Crippen molar-refractivity contribution in [1.29, 1.82) is 0 Å². The van der Waals surface area contributed by atoms with E-state index in [0.29, 0.717) is 6.54 Å². The fourth-order valence-electron chi connectivity index (χ4n) is 1.26. The zero-order valence-corrected chi connectivity index (χ0v) is 8.50. The normalized spacial score (nSPS) is 10.4. The highest BCUT2D eigenvalue weighted by Gasteiger charge is 2.01. The van der Waals surface area contributed by atoms with Crippen LogP contribution in [0.2, 0.25) is 0 Å². The number of aromatic nitrogens is 2. The van der Waals surface area contributed by atoms with Gasteiger partial charge in [-0.25, -0.2) is 4.98 Å². The second-order valence-electron chi connectivity index (χ2n) is 2.91. The van der Waals surface area contributed by atoms with Crippen LogP contribution in [0.5, 0.6) is 0 Å². The quantitative estimate of drug-likeness (QED) is 0.829. The second-order valence-corrected chi connectivity index (χ2v) is 3.81. The number of nitrogens with zero attached hydrogens (tertiary/aromatic N) is 2. The topological polar surface area (TPSA) is 51.8 Å². The Morgan fingerprint density at radius 2 is 2.21 bits per heavy atom. The summed E-state index contributed by atoms with van der Waals surface area (Å²) < 4.78 is 0. The minimum absolute atomic E-state index is 0.633. The first-order chi connectivity index (χ1) is 6.90. The van der Waals surface area contributed by atoms with Crippen molar-refractivity contribution in [3.05, 3.63) is 35.6 Å². The van der Waals surface area contributed by atoms with E-state index in [0.717, 1.165) is 22.7 Å². The van der Waals surface area contributed by atoms with Gasteiger partial charge in [0.15, 0.2) is 0 Å². The van der Waals surface area contributed by atoms with Gasteiger partial charge in [-0.2, -0.15) is 0 Å². The minimum atomic E-state index is 0.633. The molecule has 2 rings (SSSR count). The molecule has 0 saturated heterocycles. The maximum absolute atomic E-state index is 5.48. The molecule has 72 valence electrons. The molecule has 0 amide bonds. The highest BCUT2D eigenvalue weighted by molar-refractivity contribution is 7.13. The van der Waals surface area contributed by atoms with Crippen LogP contribution in [0.3, 0.4) is 0 Å². The summed E-state index contributed by atoms with van der Waals surface area (Å²) in [6.45, 7) is 0.633. The monoisotopic (exact) mass is 205 g/mol. The van der Waals surface area contributed by atoms with E-state index in [1.807, 2.05) is 29.9 Å². The summed E-state index contributed by atoms with van der Waals surface area (Å²) >= 11 is 1.63. The van der Waals surface area contributed by atoms with Crippen LogP contribution < -0.4 is 5.73 Å². The molecule has 2 heterocycles. The molecular formula is C10H11N3S. The van der Waals surface area contributed by atoms with Gasteiger partial charge in [-0.1, -0.05) is 0 Å². The Bertz CT molecular complexity index is 398. The van der Waals surface area contributed by atoms with E-state index in [9.17, 15) is 0 Å². The number of hydrogen-bond donors (Lipinski definition) is 1. The van der Waals surface area contributed by atoms with Gasteiger partial charge in [-0.05, 0) is 18.7 Å². The summed E-state index contributed by atoms with van der Waals surface area (Å²) in [5.74, 6) is 0. The van der Waals surface area contributed by atoms with Crippen LogP contribution in [-0.2, 0) is 6.42 Å². The van der Waals surface area contributed by atoms with E-state index >= 15 is 0 Å². The van der Waals surface area contributed by atoms with Gasteiger partial charge in [0.1, 0.15) is 5.01 Å². The first-order valence-corrected chi connectivity index (χ1v) is 5.33. The van der Waals surface area contributed by atoms with Crippen LogP contribution in [0.25, 0.3) is 10.6 Å². The fourth-order valence-corrected chi connectivity index (χ4v) is 1.90. The van der Waals surface area contributed by atoms with E-state index in [4.69, 9.17) is 5.73 Å². The average Bonchev–Trinajstić information content (AvgIpc) is 2.71. The van der Waals surface area contributed by atoms with Gasteiger partial charge in [0.25, 0.3) is 0 Å². The molecule has 2 N–H and O–H groups in total. The molecule has 0 fully saturated rings. The molecule has 4 heteroatoms. The smallest absolute Gasteiger partial charge is 0.123 e. The Morgan fingerprint density at radius 3 is 2.93 bits per heavy atom. The molecule has 0 aliphatic rings. The van der Waals surface area contributed by atoms with Crippen molar-refractivity contribution in [3.63, 3.8) is 0 Å². The lowest BCUT2D eigenvalue weighted by atomic mass is 10.2. The zero-order chi connectivity index (χ0) is 9.80. The van der Waals surface area contributed by atoms with Gasteiger partial charge in [0.2, 0.25) is 0 Å². The van der Waals surface area contributed by atoms with Gasteiger partial charge in [-0.15, -0.1) is 11.3 Å². The zero-order valence-electron chi connectivity index (χ0n) is 7.68. The second kappa shape index (κ2) is 4.30. The molecule has 0 aromatic carbocycles. The lowest BCUT2D eigenvalue weighted by Crippen LogP contribution is -2.04. The van der Waals surface area contributed by atoms with Crippen molar-refractivity contribution < 1.29 is 0 Å². The lowest BCUT2D eigenvalue weighted by Gasteiger charge is -2.00. The molecule has 0 spiro atoms. The molecule has 0 aliphatic heterocycles. The Morgan fingerprint density at radius 1 is 1.29 bits per heavy atom. The molecule has 0 atom stereocenters. The first-order valence-electron chi connectivity index (χ1n) is 4.45. The van der Waals surface area contributed by atoms with E-state index in [-0.39, 0.29) is 0 Å². The summed E-state index contributed by atoms with van der Waals surface area (Å²) in [5, 5.41) is 3.00. The van der Waals surface area contributed by atoms with Gasteiger partial charge >= 0.3 is 0 Å². The van der Waals surface area contributed by atoms with Crippen LogP contribution in [0.15, 0.2) is 29.9 Å². The molecular weight excluding hydrogens is 194 g/mol. The van der Waals surface area contributed by atoms with Crippen LogP contribution in [0, 0.1) is 0 Å². The fraction of sp³-hybridized carbons (Fsp3) is 0.200. The lowest BCUT2D eigenvalue weighted by molar-refractivity contribution is 0.924. The number of hydrogen-bond acceptors (Lipinski definition) is 4. The Hall–Kier alpha value is -1.26. The Kier molecular flexibility index (Phi) is 2.86. The molecule has 0 radical (unpaired) electrons. The summed E-state index contributed by atoms with van der Waals surface area (Å²) in [5.41, 5.74) is 7.63. The third-order valence-corrected chi connectivity index (χ3v) is 2.72. The molecule has 14 heavy (non-hydrogen) atoms. The SMILES string of the molecule is NCCc1cc(-c2nccs2)ccn1. The van der Waals surface area contributed by atoms with Crippen LogP contribution in [0.4, 0.5) is 0 Å². The van der Waals surface area contributed by atoms with Gasteiger partial charge in [0, 0.05) is 35.5 Å².